The number of thiazole rings is 1. The van der Waals surface area contributed by atoms with Gasteiger partial charge in [0.05, 0.1) is 12.1 Å². The van der Waals surface area contributed by atoms with Crippen LogP contribution < -0.4 is 10.1 Å². The number of alkyl halides is 2. The van der Waals surface area contributed by atoms with Gasteiger partial charge in [0.25, 0.3) is 0 Å². The summed E-state index contributed by atoms with van der Waals surface area (Å²) in [6, 6.07) is 12.6. The summed E-state index contributed by atoms with van der Waals surface area (Å²) in [7, 11) is 0. The van der Waals surface area contributed by atoms with Gasteiger partial charge >= 0.3 is 6.61 Å². The molecule has 0 bridgehead atoms. The summed E-state index contributed by atoms with van der Waals surface area (Å²) in [5.74, 6) is -0.114. The largest absolute Gasteiger partial charge is 0.434 e. The van der Waals surface area contributed by atoms with E-state index in [0.717, 1.165) is 17.7 Å². The summed E-state index contributed by atoms with van der Waals surface area (Å²) < 4.78 is 29.9. The van der Waals surface area contributed by atoms with Crippen LogP contribution in [-0.2, 0) is 17.6 Å². The fourth-order valence-electron chi connectivity index (χ4n) is 2.72. The highest BCUT2D eigenvalue weighted by molar-refractivity contribution is 7.10. The van der Waals surface area contributed by atoms with Gasteiger partial charge in [0.2, 0.25) is 5.91 Å². The molecule has 0 radical (unpaired) electrons. The van der Waals surface area contributed by atoms with Gasteiger partial charge in [-0.05, 0) is 43.2 Å². The third-order valence-corrected chi connectivity index (χ3v) is 4.99. The lowest BCUT2D eigenvalue weighted by Gasteiger charge is -2.10. The van der Waals surface area contributed by atoms with E-state index in [1.807, 2.05) is 31.2 Å². The number of benzene rings is 2. The number of anilines is 1. The van der Waals surface area contributed by atoms with Crippen molar-refractivity contribution < 1.29 is 18.3 Å². The number of ether oxygens (including phenoxy) is 1. The zero-order valence-corrected chi connectivity index (χ0v) is 16.4. The van der Waals surface area contributed by atoms with Gasteiger partial charge in [0.15, 0.2) is 0 Å². The highest BCUT2D eigenvalue weighted by Gasteiger charge is 2.15. The molecule has 0 saturated carbocycles. The molecule has 0 fully saturated rings. The van der Waals surface area contributed by atoms with E-state index in [1.54, 1.807) is 17.5 Å². The van der Waals surface area contributed by atoms with E-state index >= 15 is 0 Å². The maximum absolute atomic E-state index is 12.7. The van der Waals surface area contributed by atoms with E-state index < -0.39 is 6.61 Å². The van der Waals surface area contributed by atoms with Crippen LogP contribution >= 0.6 is 11.3 Å². The normalized spacial score (nSPS) is 10.9. The monoisotopic (exact) mass is 402 g/mol. The minimum atomic E-state index is -2.91. The Labute approximate surface area is 166 Å². The summed E-state index contributed by atoms with van der Waals surface area (Å²) in [5, 5.41) is 5.18. The number of amides is 1. The molecule has 0 saturated heterocycles. The molecule has 3 rings (SSSR count). The maximum atomic E-state index is 12.7. The van der Waals surface area contributed by atoms with Crippen LogP contribution in [0, 0.1) is 6.92 Å². The Kier molecular flexibility index (Phi) is 6.36. The van der Waals surface area contributed by atoms with Gasteiger partial charge in [-0.1, -0.05) is 30.7 Å². The van der Waals surface area contributed by atoms with Crippen molar-refractivity contribution in [1.29, 1.82) is 0 Å². The molecule has 1 aromatic heterocycles. The van der Waals surface area contributed by atoms with Gasteiger partial charge in [0, 0.05) is 16.6 Å². The van der Waals surface area contributed by atoms with Crippen LogP contribution in [0.5, 0.6) is 5.75 Å². The lowest BCUT2D eigenvalue weighted by atomic mass is 10.1. The highest BCUT2D eigenvalue weighted by Crippen LogP contribution is 2.33. The van der Waals surface area contributed by atoms with Gasteiger partial charge in [-0.2, -0.15) is 8.78 Å². The second-order valence-corrected chi connectivity index (χ2v) is 7.22. The van der Waals surface area contributed by atoms with Crippen molar-refractivity contribution in [1.82, 2.24) is 4.98 Å². The Balaban J connectivity index is 1.71. The molecule has 1 amide bonds. The summed E-state index contributed by atoms with van der Waals surface area (Å²) in [5.41, 5.74) is 3.82. The Morgan fingerprint density at radius 2 is 1.96 bits per heavy atom. The minimum Gasteiger partial charge on any atom is -0.434 e. The first-order valence-electron chi connectivity index (χ1n) is 8.83. The fourth-order valence-corrected chi connectivity index (χ4v) is 3.52. The van der Waals surface area contributed by atoms with E-state index in [0.29, 0.717) is 16.3 Å². The topological polar surface area (TPSA) is 51.2 Å². The molecule has 1 N–H and O–H groups in total. The molecule has 3 aromatic rings. The molecule has 2 aromatic carbocycles. The average Bonchev–Trinajstić information content (AvgIpc) is 3.11. The molecule has 146 valence electrons. The molecule has 0 unspecified atom stereocenters. The first kappa shape index (κ1) is 19.9. The predicted molar refractivity (Wildman–Crippen MR) is 107 cm³/mol. The number of rotatable bonds is 7. The van der Waals surface area contributed by atoms with Crippen molar-refractivity contribution in [3.05, 3.63) is 64.0 Å². The van der Waals surface area contributed by atoms with E-state index in [9.17, 15) is 13.6 Å². The Morgan fingerprint density at radius 3 is 2.64 bits per heavy atom. The highest BCUT2D eigenvalue weighted by atomic mass is 32.1. The van der Waals surface area contributed by atoms with Crippen molar-refractivity contribution in [2.45, 2.75) is 33.3 Å². The number of aryl methyl sites for hydroxylation is 2. The predicted octanol–water partition coefficient (Wildman–Crippen LogP) is 5.46. The van der Waals surface area contributed by atoms with Gasteiger partial charge in [-0.3, -0.25) is 4.79 Å². The summed E-state index contributed by atoms with van der Waals surface area (Å²) >= 11 is 1.31. The summed E-state index contributed by atoms with van der Waals surface area (Å²) in [6.45, 7) is 1.02. The molecule has 28 heavy (non-hydrogen) atoms. The van der Waals surface area contributed by atoms with Crippen molar-refractivity contribution in [2.24, 2.45) is 0 Å². The van der Waals surface area contributed by atoms with Crippen LogP contribution in [0.2, 0.25) is 0 Å². The smallest absolute Gasteiger partial charge is 0.387 e. The van der Waals surface area contributed by atoms with Crippen LogP contribution in [-0.4, -0.2) is 17.5 Å². The van der Waals surface area contributed by atoms with Crippen LogP contribution in [0.25, 0.3) is 11.3 Å². The molecule has 0 aliphatic carbocycles. The maximum Gasteiger partial charge on any atom is 0.387 e. The zero-order valence-electron chi connectivity index (χ0n) is 15.5. The minimum absolute atomic E-state index is 0.0675. The van der Waals surface area contributed by atoms with Crippen LogP contribution in [0.15, 0.2) is 47.8 Å². The van der Waals surface area contributed by atoms with Gasteiger partial charge in [-0.15, -0.1) is 11.3 Å². The van der Waals surface area contributed by atoms with Gasteiger partial charge in [-0.25, -0.2) is 4.98 Å². The van der Waals surface area contributed by atoms with E-state index in [-0.39, 0.29) is 18.1 Å². The van der Waals surface area contributed by atoms with Crippen LogP contribution in [0.3, 0.4) is 0 Å². The molecular formula is C21H20F2N2O2S. The molecule has 0 aliphatic heterocycles. The van der Waals surface area contributed by atoms with Gasteiger partial charge in [0.1, 0.15) is 10.8 Å². The number of aromatic nitrogens is 1. The molecule has 0 atom stereocenters. The molecule has 0 spiro atoms. The van der Waals surface area contributed by atoms with Crippen molar-refractivity contribution in [3.8, 4) is 17.0 Å². The number of nitrogens with zero attached hydrogens (tertiary/aromatic N) is 1. The number of carbonyl (C=O) groups is 1. The first-order chi connectivity index (χ1) is 13.4. The molecule has 1 heterocycles. The first-order valence-corrected chi connectivity index (χ1v) is 9.71. The van der Waals surface area contributed by atoms with E-state index in [1.165, 1.54) is 23.0 Å². The van der Waals surface area contributed by atoms with Crippen LogP contribution in [0.4, 0.5) is 14.5 Å². The standard InChI is InChI=1S/C21H20F2N2O2S/c1-3-14-5-7-15(8-6-14)24-19(26)11-20-25-17(12-28-20)16-10-13(2)4-9-18(16)27-21(22)23/h4-10,12,21H,3,11H2,1-2H3,(H,24,26). The summed E-state index contributed by atoms with van der Waals surface area (Å²) in [6.07, 6.45) is 1.05. The van der Waals surface area contributed by atoms with E-state index in [2.05, 4.69) is 22.0 Å². The molecular weight excluding hydrogens is 382 g/mol. The molecule has 7 heteroatoms. The van der Waals surface area contributed by atoms with Crippen molar-refractivity contribution in [3.63, 3.8) is 0 Å². The van der Waals surface area contributed by atoms with Crippen molar-refractivity contribution in [2.75, 3.05) is 5.32 Å². The average molecular weight is 402 g/mol. The summed E-state index contributed by atoms with van der Waals surface area (Å²) in [4.78, 5) is 16.7. The Morgan fingerprint density at radius 1 is 1.21 bits per heavy atom. The lowest BCUT2D eigenvalue weighted by molar-refractivity contribution is -0.115. The lowest BCUT2D eigenvalue weighted by Crippen LogP contribution is -2.14. The second kappa shape index (κ2) is 8.93. The molecule has 4 nitrogen and oxygen atoms in total. The number of halogens is 2. The number of hydrogen-bond acceptors (Lipinski definition) is 4. The third-order valence-electron chi connectivity index (χ3n) is 4.14. The van der Waals surface area contributed by atoms with E-state index in [4.69, 9.17) is 0 Å². The Bertz CT molecular complexity index is 955. The fraction of sp³-hybridized carbons (Fsp3) is 0.238. The van der Waals surface area contributed by atoms with Crippen LogP contribution in [0.1, 0.15) is 23.1 Å². The SMILES string of the molecule is CCc1ccc(NC(=O)Cc2nc(-c3cc(C)ccc3OC(F)F)cs2)cc1. The Hall–Kier alpha value is -2.80. The quantitative estimate of drug-likeness (QED) is 0.571. The number of carbonyl (C=O) groups excluding carboxylic acids is 1. The zero-order chi connectivity index (χ0) is 20.1. The number of nitrogens with one attached hydrogen (secondary N) is 1. The second-order valence-electron chi connectivity index (χ2n) is 6.28. The number of hydrogen-bond donors (Lipinski definition) is 1. The van der Waals surface area contributed by atoms with Gasteiger partial charge < -0.3 is 10.1 Å². The third kappa shape index (κ3) is 5.13. The van der Waals surface area contributed by atoms with Crippen molar-refractivity contribution >= 4 is 22.9 Å². The molecule has 0 aliphatic rings.